The molecule has 0 aliphatic rings. The van der Waals surface area contributed by atoms with Crippen LogP contribution in [-0.2, 0) is 0 Å². The molecule has 0 fully saturated rings. The zero-order valence-electron chi connectivity index (χ0n) is 10.7. The number of amides is 1. The largest absolute Gasteiger partial charge is 0.397 e. The minimum absolute atomic E-state index is 0.225. The Morgan fingerprint density at radius 2 is 1.86 bits per heavy atom. The summed E-state index contributed by atoms with van der Waals surface area (Å²) >= 11 is 1.17. The molecule has 0 saturated heterocycles. The van der Waals surface area contributed by atoms with Gasteiger partial charge in [-0.2, -0.15) is 0 Å². The summed E-state index contributed by atoms with van der Waals surface area (Å²) in [5.74, 6) is -1.30. The number of carbonyl (C=O) groups excluding carboxylic acids is 1. The Labute approximate surface area is 123 Å². The van der Waals surface area contributed by atoms with Crippen molar-refractivity contribution in [3.05, 3.63) is 59.0 Å². The maximum absolute atomic E-state index is 13.2. The molecule has 0 saturated carbocycles. The molecule has 0 aliphatic heterocycles. The van der Waals surface area contributed by atoms with Crippen LogP contribution in [0.5, 0.6) is 0 Å². The molecule has 0 bridgehead atoms. The summed E-state index contributed by atoms with van der Waals surface area (Å²) in [6.07, 6.45) is 0. The van der Waals surface area contributed by atoms with Crippen molar-refractivity contribution < 1.29 is 13.6 Å². The van der Waals surface area contributed by atoms with Gasteiger partial charge in [-0.1, -0.05) is 6.07 Å². The van der Waals surface area contributed by atoms with E-state index in [1.807, 2.05) is 0 Å². The molecule has 6 heteroatoms. The molecule has 0 unspecified atom stereocenters. The molecule has 1 aromatic heterocycles. The number of carbonyl (C=O) groups is 1. The van der Waals surface area contributed by atoms with E-state index in [2.05, 4.69) is 5.32 Å². The molecule has 3 N–H and O–H groups in total. The minimum atomic E-state index is -0.445. The van der Waals surface area contributed by atoms with Gasteiger partial charge in [0.15, 0.2) is 0 Å². The third kappa shape index (κ3) is 2.57. The zero-order chi connectivity index (χ0) is 15.0. The van der Waals surface area contributed by atoms with Crippen molar-refractivity contribution in [2.45, 2.75) is 0 Å². The Hall–Kier alpha value is -2.47. The fourth-order valence-electron chi connectivity index (χ4n) is 2.01. The van der Waals surface area contributed by atoms with Gasteiger partial charge in [0, 0.05) is 15.8 Å². The van der Waals surface area contributed by atoms with Gasteiger partial charge in [0.1, 0.15) is 16.5 Å². The number of fused-ring (bicyclic) bond motifs is 1. The Kier molecular flexibility index (Phi) is 3.31. The molecular formula is C15H10F2N2OS. The van der Waals surface area contributed by atoms with E-state index in [1.165, 1.54) is 41.7 Å². The number of halogens is 2. The highest BCUT2D eigenvalue weighted by Crippen LogP contribution is 2.34. The molecule has 3 aromatic rings. The number of hydrogen-bond acceptors (Lipinski definition) is 3. The molecule has 0 aliphatic carbocycles. The third-order valence-corrected chi connectivity index (χ3v) is 4.16. The van der Waals surface area contributed by atoms with Gasteiger partial charge >= 0.3 is 0 Å². The molecular weight excluding hydrogens is 294 g/mol. The van der Waals surface area contributed by atoms with Crippen LogP contribution >= 0.6 is 11.3 Å². The lowest BCUT2D eigenvalue weighted by Crippen LogP contribution is -2.12. The van der Waals surface area contributed by atoms with Crippen molar-refractivity contribution in [2.24, 2.45) is 0 Å². The molecule has 1 heterocycles. The molecule has 0 radical (unpaired) electrons. The van der Waals surface area contributed by atoms with Crippen molar-refractivity contribution in [3.8, 4) is 0 Å². The number of benzene rings is 2. The molecule has 3 nitrogen and oxygen atoms in total. The van der Waals surface area contributed by atoms with E-state index in [1.54, 1.807) is 12.1 Å². The fourth-order valence-corrected chi connectivity index (χ4v) is 3.01. The quantitative estimate of drug-likeness (QED) is 0.751. The number of nitrogens with two attached hydrogens (primary N) is 1. The number of anilines is 2. The average molecular weight is 304 g/mol. The van der Waals surface area contributed by atoms with Gasteiger partial charge in [0.25, 0.3) is 5.91 Å². The molecule has 3 rings (SSSR count). The second kappa shape index (κ2) is 5.14. The van der Waals surface area contributed by atoms with Gasteiger partial charge in [-0.25, -0.2) is 8.78 Å². The van der Waals surface area contributed by atoms with E-state index in [0.717, 1.165) is 4.70 Å². The van der Waals surface area contributed by atoms with Crippen LogP contribution in [0, 0.1) is 11.6 Å². The highest BCUT2D eigenvalue weighted by Gasteiger charge is 2.17. The maximum atomic E-state index is 13.2. The molecule has 21 heavy (non-hydrogen) atoms. The highest BCUT2D eigenvalue weighted by molar-refractivity contribution is 7.21. The van der Waals surface area contributed by atoms with Crippen molar-refractivity contribution in [1.29, 1.82) is 0 Å². The summed E-state index contributed by atoms with van der Waals surface area (Å²) < 4.78 is 27.0. The van der Waals surface area contributed by atoms with Crippen LogP contribution in [0.15, 0.2) is 42.5 Å². The maximum Gasteiger partial charge on any atom is 0.267 e. The normalized spacial score (nSPS) is 10.8. The van der Waals surface area contributed by atoms with E-state index in [9.17, 15) is 13.6 Å². The van der Waals surface area contributed by atoms with E-state index in [-0.39, 0.29) is 10.6 Å². The van der Waals surface area contributed by atoms with Crippen molar-refractivity contribution in [1.82, 2.24) is 0 Å². The van der Waals surface area contributed by atoms with Gasteiger partial charge in [0.2, 0.25) is 0 Å². The number of hydrogen-bond donors (Lipinski definition) is 2. The first-order chi connectivity index (χ1) is 10.0. The SMILES string of the molecule is Nc1c(C(=O)Nc2cccc(F)c2)sc2ccc(F)cc12. The summed E-state index contributed by atoms with van der Waals surface area (Å²) in [5.41, 5.74) is 6.46. The van der Waals surface area contributed by atoms with E-state index in [0.29, 0.717) is 11.1 Å². The predicted octanol–water partition coefficient (Wildman–Crippen LogP) is 4.01. The lowest BCUT2D eigenvalue weighted by Gasteiger charge is -2.04. The summed E-state index contributed by atoms with van der Waals surface area (Å²) in [5, 5.41) is 3.08. The van der Waals surface area contributed by atoms with E-state index >= 15 is 0 Å². The Balaban J connectivity index is 1.96. The number of nitrogens with one attached hydrogen (secondary N) is 1. The Morgan fingerprint density at radius 3 is 2.62 bits per heavy atom. The highest BCUT2D eigenvalue weighted by atomic mass is 32.1. The van der Waals surface area contributed by atoms with Crippen LogP contribution in [0.4, 0.5) is 20.2 Å². The number of rotatable bonds is 2. The van der Waals surface area contributed by atoms with E-state index in [4.69, 9.17) is 5.73 Å². The summed E-state index contributed by atoms with van der Waals surface area (Å²) in [6, 6.07) is 9.74. The summed E-state index contributed by atoms with van der Waals surface area (Å²) in [6.45, 7) is 0. The average Bonchev–Trinajstić information content (AvgIpc) is 2.76. The second-order valence-electron chi connectivity index (χ2n) is 4.45. The van der Waals surface area contributed by atoms with Crippen LogP contribution in [0.1, 0.15) is 9.67 Å². The molecule has 0 spiro atoms. The first kappa shape index (κ1) is 13.5. The first-order valence-electron chi connectivity index (χ1n) is 6.09. The van der Waals surface area contributed by atoms with Gasteiger partial charge in [-0.15, -0.1) is 11.3 Å². The van der Waals surface area contributed by atoms with Crippen LogP contribution in [0.3, 0.4) is 0 Å². The van der Waals surface area contributed by atoms with Gasteiger partial charge < -0.3 is 11.1 Å². The monoisotopic (exact) mass is 304 g/mol. The third-order valence-electron chi connectivity index (χ3n) is 2.98. The van der Waals surface area contributed by atoms with Gasteiger partial charge in [0.05, 0.1) is 5.69 Å². The van der Waals surface area contributed by atoms with Crippen LogP contribution in [0.25, 0.3) is 10.1 Å². The van der Waals surface area contributed by atoms with Crippen LogP contribution < -0.4 is 11.1 Å². The molecule has 1 amide bonds. The number of nitrogen functional groups attached to an aromatic ring is 1. The van der Waals surface area contributed by atoms with Crippen molar-refractivity contribution in [2.75, 3.05) is 11.1 Å². The molecule has 106 valence electrons. The molecule has 0 atom stereocenters. The van der Waals surface area contributed by atoms with Gasteiger partial charge in [-0.3, -0.25) is 4.79 Å². The van der Waals surface area contributed by atoms with Crippen molar-refractivity contribution >= 4 is 38.7 Å². The van der Waals surface area contributed by atoms with Crippen LogP contribution in [-0.4, -0.2) is 5.91 Å². The standard InChI is InChI=1S/C15H10F2N2OS/c16-8-2-1-3-10(6-8)19-15(20)14-13(18)11-7-9(17)4-5-12(11)21-14/h1-7H,18H2,(H,19,20). The van der Waals surface area contributed by atoms with Crippen LogP contribution in [0.2, 0.25) is 0 Å². The minimum Gasteiger partial charge on any atom is -0.397 e. The first-order valence-corrected chi connectivity index (χ1v) is 6.90. The Morgan fingerprint density at radius 1 is 1.10 bits per heavy atom. The topological polar surface area (TPSA) is 55.1 Å². The predicted molar refractivity (Wildman–Crippen MR) is 80.5 cm³/mol. The zero-order valence-corrected chi connectivity index (χ0v) is 11.5. The lowest BCUT2D eigenvalue weighted by molar-refractivity contribution is 0.103. The fraction of sp³-hybridized carbons (Fsp3) is 0. The number of thiophene rings is 1. The smallest absolute Gasteiger partial charge is 0.267 e. The summed E-state index contributed by atoms with van der Waals surface area (Å²) in [7, 11) is 0. The van der Waals surface area contributed by atoms with Crippen molar-refractivity contribution in [3.63, 3.8) is 0 Å². The Bertz CT molecular complexity index is 845. The van der Waals surface area contributed by atoms with E-state index < -0.39 is 17.5 Å². The second-order valence-corrected chi connectivity index (χ2v) is 5.50. The molecule has 2 aromatic carbocycles. The summed E-state index contributed by atoms with van der Waals surface area (Å²) in [4.78, 5) is 12.5. The lowest BCUT2D eigenvalue weighted by atomic mass is 10.2. The van der Waals surface area contributed by atoms with Gasteiger partial charge in [-0.05, 0) is 36.4 Å².